The van der Waals surface area contributed by atoms with E-state index in [-0.39, 0.29) is 13.0 Å². The number of nitrogens with two attached hydrogens (primary N) is 1. The van der Waals surface area contributed by atoms with Crippen LogP contribution in [0.5, 0.6) is 5.75 Å². The van der Waals surface area contributed by atoms with E-state index >= 15 is 0 Å². The molecule has 0 bridgehead atoms. The van der Waals surface area contributed by atoms with Crippen molar-refractivity contribution in [3.63, 3.8) is 0 Å². The van der Waals surface area contributed by atoms with Crippen molar-refractivity contribution in [3.8, 4) is 5.75 Å². The van der Waals surface area contributed by atoms with Gasteiger partial charge in [0.2, 0.25) is 0 Å². The zero-order chi connectivity index (χ0) is 19.6. The average molecular weight is 383 g/mol. The minimum Gasteiger partial charge on any atom is -0.494 e. The Kier molecular flexibility index (Phi) is 14.3. The van der Waals surface area contributed by atoms with E-state index in [2.05, 4.69) is 0 Å². The van der Waals surface area contributed by atoms with E-state index in [0.717, 1.165) is 50.2 Å². The lowest BCUT2D eigenvalue weighted by atomic mass is 10.2. The normalized spacial score (nSPS) is 10.9. The number of hydrogen-bond acceptors (Lipinski definition) is 6. The molecule has 0 aliphatic rings. The molecule has 1 rings (SSSR count). The van der Waals surface area contributed by atoms with Gasteiger partial charge in [0.25, 0.3) is 0 Å². The van der Waals surface area contributed by atoms with E-state index in [1.165, 1.54) is 0 Å². The highest BCUT2D eigenvalue weighted by molar-refractivity contribution is 5.66. The van der Waals surface area contributed by atoms with E-state index in [1.807, 2.05) is 24.3 Å². The SMILES string of the molecule is NCc1cccc(OCCCCCCOCCOCCOCCC(=O)O)c1. The van der Waals surface area contributed by atoms with E-state index in [4.69, 9.17) is 29.8 Å². The molecule has 0 unspecified atom stereocenters. The molecule has 0 amide bonds. The van der Waals surface area contributed by atoms with Crippen LogP contribution in [0.3, 0.4) is 0 Å². The molecule has 0 atom stereocenters. The van der Waals surface area contributed by atoms with Crippen LogP contribution in [0.15, 0.2) is 24.3 Å². The number of aliphatic carboxylic acids is 1. The summed E-state index contributed by atoms with van der Waals surface area (Å²) in [4.78, 5) is 10.3. The molecule has 0 aliphatic carbocycles. The second-order valence-electron chi connectivity index (χ2n) is 6.10. The van der Waals surface area contributed by atoms with Gasteiger partial charge in [-0.2, -0.15) is 0 Å². The van der Waals surface area contributed by atoms with Crippen LogP contribution in [0.2, 0.25) is 0 Å². The Labute approximate surface area is 161 Å². The fourth-order valence-corrected chi connectivity index (χ4v) is 2.31. The van der Waals surface area contributed by atoms with Gasteiger partial charge in [0.15, 0.2) is 0 Å². The van der Waals surface area contributed by atoms with Gasteiger partial charge in [-0.15, -0.1) is 0 Å². The number of carboxylic acids is 1. The number of ether oxygens (including phenoxy) is 4. The van der Waals surface area contributed by atoms with Crippen molar-refractivity contribution in [2.24, 2.45) is 5.73 Å². The minimum absolute atomic E-state index is 0.0245. The molecule has 7 heteroatoms. The maximum atomic E-state index is 10.3. The third-order valence-electron chi connectivity index (χ3n) is 3.79. The molecule has 0 aromatic heterocycles. The maximum Gasteiger partial charge on any atom is 0.305 e. The van der Waals surface area contributed by atoms with Crippen LogP contribution in [-0.4, -0.2) is 57.3 Å². The van der Waals surface area contributed by atoms with Gasteiger partial charge in [-0.1, -0.05) is 18.6 Å². The molecule has 1 aromatic carbocycles. The molecule has 0 spiro atoms. The minimum atomic E-state index is -0.853. The quantitative estimate of drug-likeness (QED) is 0.376. The first-order chi connectivity index (χ1) is 13.2. The molecule has 0 heterocycles. The number of unbranched alkanes of at least 4 members (excludes halogenated alkanes) is 3. The van der Waals surface area contributed by atoms with Crippen molar-refractivity contribution in [2.45, 2.75) is 38.6 Å². The number of hydrogen-bond donors (Lipinski definition) is 2. The molecule has 154 valence electrons. The summed E-state index contributed by atoms with van der Waals surface area (Å²) in [7, 11) is 0. The van der Waals surface area contributed by atoms with Crippen LogP contribution >= 0.6 is 0 Å². The average Bonchev–Trinajstić information content (AvgIpc) is 2.67. The van der Waals surface area contributed by atoms with Gasteiger partial charge in [-0.05, 0) is 37.0 Å². The van der Waals surface area contributed by atoms with Gasteiger partial charge < -0.3 is 29.8 Å². The molecule has 0 saturated heterocycles. The third-order valence-corrected chi connectivity index (χ3v) is 3.79. The summed E-state index contributed by atoms with van der Waals surface area (Å²) in [6.07, 6.45) is 4.31. The highest BCUT2D eigenvalue weighted by Crippen LogP contribution is 2.13. The fourth-order valence-electron chi connectivity index (χ4n) is 2.31. The first-order valence-corrected chi connectivity index (χ1v) is 9.59. The topological polar surface area (TPSA) is 100 Å². The van der Waals surface area contributed by atoms with Crippen molar-refractivity contribution in [1.29, 1.82) is 0 Å². The summed E-state index contributed by atoms with van der Waals surface area (Å²) >= 11 is 0. The lowest BCUT2D eigenvalue weighted by Gasteiger charge is -2.08. The van der Waals surface area contributed by atoms with Crippen molar-refractivity contribution in [3.05, 3.63) is 29.8 Å². The van der Waals surface area contributed by atoms with Gasteiger partial charge in [-0.25, -0.2) is 0 Å². The van der Waals surface area contributed by atoms with Crippen molar-refractivity contribution in [2.75, 3.05) is 46.2 Å². The first-order valence-electron chi connectivity index (χ1n) is 9.59. The standard InChI is InChI=1S/C20H33NO6/c21-17-18-6-5-7-19(16-18)27-10-4-2-1-3-9-24-12-14-26-15-13-25-11-8-20(22)23/h5-7,16H,1-4,8-15,17,21H2,(H,22,23). The second kappa shape index (κ2) is 16.5. The molecule has 3 N–H and O–H groups in total. The molecule has 27 heavy (non-hydrogen) atoms. The van der Waals surface area contributed by atoms with Crippen LogP contribution in [0.4, 0.5) is 0 Å². The molecule has 0 aliphatic heterocycles. The predicted octanol–water partition coefficient (Wildman–Crippen LogP) is 2.61. The maximum absolute atomic E-state index is 10.3. The Morgan fingerprint density at radius 2 is 1.48 bits per heavy atom. The monoisotopic (exact) mass is 383 g/mol. The van der Waals surface area contributed by atoms with Crippen molar-refractivity contribution in [1.82, 2.24) is 0 Å². The van der Waals surface area contributed by atoms with Crippen LogP contribution < -0.4 is 10.5 Å². The van der Waals surface area contributed by atoms with Crippen LogP contribution in [0.25, 0.3) is 0 Å². The number of benzene rings is 1. The Morgan fingerprint density at radius 3 is 2.15 bits per heavy atom. The lowest BCUT2D eigenvalue weighted by molar-refractivity contribution is -0.138. The summed E-state index contributed by atoms with van der Waals surface area (Å²) in [5.74, 6) is 0.0303. The van der Waals surface area contributed by atoms with Gasteiger partial charge in [0.05, 0.1) is 46.1 Å². The highest BCUT2D eigenvalue weighted by atomic mass is 16.5. The van der Waals surface area contributed by atoms with E-state index < -0.39 is 5.97 Å². The zero-order valence-electron chi connectivity index (χ0n) is 16.1. The third kappa shape index (κ3) is 14.1. The fraction of sp³-hybridized carbons (Fsp3) is 0.650. The summed E-state index contributed by atoms with van der Waals surface area (Å²) in [5.41, 5.74) is 6.70. The number of rotatable bonds is 18. The summed E-state index contributed by atoms with van der Waals surface area (Å²) in [5, 5.41) is 8.44. The summed E-state index contributed by atoms with van der Waals surface area (Å²) < 4.78 is 21.7. The molecule has 0 fully saturated rings. The van der Waals surface area contributed by atoms with Crippen LogP contribution in [0, 0.1) is 0 Å². The summed E-state index contributed by atoms with van der Waals surface area (Å²) in [6.45, 7) is 4.16. The Hall–Kier alpha value is -1.67. The highest BCUT2D eigenvalue weighted by Gasteiger charge is 1.98. The predicted molar refractivity (Wildman–Crippen MR) is 103 cm³/mol. The number of carbonyl (C=O) groups is 1. The van der Waals surface area contributed by atoms with Crippen LogP contribution in [-0.2, 0) is 25.5 Å². The van der Waals surface area contributed by atoms with E-state index in [9.17, 15) is 4.79 Å². The van der Waals surface area contributed by atoms with Gasteiger partial charge in [0.1, 0.15) is 5.75 Å². The molecular formula is C20H33NO6. The Morgan fingerprint density at radius 1 is 0.852 bits per heavy atom. The lowest BCUT2D eigenvalue weighted by Crippen LogP contribution is -2.11. The van der Waals surface area contributed by atoms with Gasteiger partial charge in [-0.3, -0.25) is 4.79 Å². The molecule has 7 nitrogen and oxygen atoms in total. The van der Waals surface area contributed by atoms with E-state index in [0.29, 0.717) is 33.0 Å². The summed E-state index contributed by atoms with van der Waals surface area (Å²) in [6, 6.07) is 7.90. The van der Waals surface area contributed by atoms with Crippen molar-refractivity contribution >= 4 is 5.97 Å². The molecular weight excluding hydrogens is 350 g/mol. The second-order valence-corrected chi connectivity index (χ2v) is 6.10. The Bertz CT molecular complexity index is 497. The zero-order valence-corrected chi connectivity index (χ0v) is 16.1. The van der Waals surface area contributed by atoms with Crippen molar-refractivity contribution < 1.29 is 28.8 Å². The van der Waals surface area contributed by atoms with Gasteiger partial charge in [0, 0.05) is 13.2 Å². The van der Waals surface area contributed by atoms with Crippen LogP contribution in [0.1, 0.15) is 37.7 Å². The molecule has 0 radical (unpaired) electrons. The molecule has 1 aromatic rings. The largest absolute Gasteiger partial charge is 0.494 e. The van der Waals surface area contributed by atoms with E-state index in [1.54, 1.807) is 0 Å². The Balaban J connectivity index is 1.78. The smallest absolute Gasteiger partial charge is 0.305 e. The number of carboxylic acid groups (broad SMARTS) is 1. The first kappa shape index (κ1) is 23.4. The van der Waals surface area contributed by atoms with Gasteiger partial charge >= 0.3 is 5.97 Å². The molecule has 0 saturated carbocycles.